The van der Waals surface area contributed by atoms with Gasteiger partial charge in [0.2, 0.25) is 0 Å². The van der Waals surface area contributed by atoms with Crippen molar-refractivity contribution in [1.82, 2.24) is 5.32 Å². The molecular weight excluding hydrogens is 340 g/mol. The van der Waals surface area contributed by atoms with Gasteiger partial charge >= 0.3 is 0 Å². The topological polar surface area (TPSA) is 123 Å². The van der Waals surface area contributed by atoms with Gasteiger partial charge in [-0.1, -0.05) is 11.6 Å². The van der Waals surface area contributed by atoms with E-state index >= 15 is 0 Å². The SMILES string of the molecule is Cc1ccc2oc(C(=O)NCc3cc([N+](=O)[O-])ccc3O)cc(=O)c2c1. The normalized spacial score (nSPS) is 10.7. The van der Waals surface area contributed by atoms with Crippen molar-refractivity contribution in [3.05, 3.63) is 79.7 Å². The summed E-state index contributed by atoms with van der Waals surface area (Å²) in [7, 11) is 0. The van der Waals surface area contributed by atoms with Gasteiger partial charge in [0.05, 0.1) is 10.3 Å². The molecule has 3 rings (SSSR count). The number of hydrogen-bond donors (Lipinski definition) is 2. The minimum absolute atomic E-state index is 0.165. The molecule has 8 nitrogen and oxygen atoms in total. The standard InChI is InChI=1S/C18H14N2O6/c1-10-2-5-16-13(6-10)15(22)8-17(26-16)18(23)19-9-11-7-12(20(24)25)3-4-14(11)21/h2-8,21H,9H2,1H3,(H,19,23). The minimum atomic E-state index is -0.671. The van der Waals surface area contributed by atoms with E-state index in [-0.39, 0.29) is 40.3 Å². The first-order chi connectivity index (χ1) is 12.3. The lowest BCUT2D eigenvalue weighted by molar-refractivity contribution is -0.384. The predicted octanol–water partition coefficient (Wildman–Crippen LogP) is 2.65. The van der Waals surface area contributed by atoms with Gasteiger partial charge in [-0.2, -0.15) is 0 Å². The van der Waals surface area contributed by atoms with E-state index in [0.717, 1.165) is 23.8 Å². The summed E-state index contributed by atoms with van der Waals surface area (Å²) in [5, 5.41) is 23.4. The second-order valence-electron chi connectivity index (χ2n) is 5.73. The summed E-state index contributed by atoms with van der Waals surface area (Å²) < 4.78 is 5.46. The average molecular weight is 354 g/mol. The highest BCUT2D eigenvalue weighted by Crippen LogP contribution is 2.23. The van der Waals surface area contributed by atoms with Gasteiger partial charge in [0, 0.05) is 30.3 Å². The van der Waals surface area contributed by atoms with Gasteiger partial charge in [0.15, 0.2) is 11.2 Å². The lowest BCUT2D eigenvalue weighted by atomic mass is 10.1. The molecule has 0 saturated heterocycles. The van der Waals surface area contributed by atoms with E-state index in [4.69, 9.17) is 4.42 Å². The van der Waals surface area contributed by atoms with E-state index in [2.05, 4.69) is 5.32 Å². The molecule has 0 atom stereocenters. The Labute approximate surface area is 146 Å². The molecule has 2 aromatic carbocycles. The van der Waals surface area contributed by atoms with Crippen LogP contribution in [0.25, 0.3) is 11.0 Å². The van der Waals surface area contributed by atoms with Crippen LogP contribution in [0.4, 0.5) is 5.69 Å². The third-order valence-electron chi connectivity index (χ3n) is 3.82. The fourth-order valence-corrected chi connectivity index (χ4v) is 2.47. The van der Waals surface area contributed by atoms with Gasteiger partial charge in [0.25, 0.3) is 11.6 Å². The number of amides is 1. The quantitative estimate of drug-likeness (QED) is 0.548. The molecule has 0 aliphatic carbocycles. The maximum atomic E-state index is 12.3. The molecular formula is C18H14N2O6. The molecule has 1 heterocycles. The lowest BCUT2D eigenvalue weighted by Crippen LogP contribution is -2.24. The Morgan fingerprint density at radius 1 is 1.23 bits per heavy atom. The van der Waals surface area contributed by atoms with E-state index in [1.165, 1.54) is 6.07 Å². The van der Waals surface area contributed by atoms with E-state index in [1.54, 1.807) is 18.2 Å². The highest BCUT2D eigenvalue weighted by Gasteiger charge is 2.15. The summed E-state index contributed by atoms with van der Waals surface area (Å²) in [6, 6.07) is 9.62. The number of carbonyl (C=O) groups is 1. The van der Waals surface area contributed by atoms with E-state index in [1.807, 2.05) is 6.92 Å². The second kappa shape index (κ2) is 6.67. The molecule has 2 N–H and O–H groups in total. The fourth-order valence-electron chi connectivity index (χ4n) is 2.47. The van der Waals surface area contributed by atoms with Gasteiger partial charge in [-0.3, -0.25) is 19.7 Å². The monoisotopic (exact) mass is 354 g/mol. The number of carbonyl (C=O) groups excluding carboxylic acids is 1. The number of nitrogens with one attached hydrogen (secondary N) is 1. The van der Waals surface area contributed by atoms with Crippen LogP contribution in [0, 0.1) is 17.0 Å². The molecule has 0 aliphatic heterocycles. The van der Waals surface area contributed by atoms with Crippen LogP contribution in [0.1, 0.15) is 21.7 Å². The number of nitrogens with zero attached hydrogens (tertiary/aromatic N) is 1. The van der Waals surface area contributed by atoms with Crippen molar-refractivity contribution in [3.63, 3.8) is 0 Å². The molecule has 1 aromatic heterocycles. The molecule has 8 heteroatoms. The van der Waals surface area contributed by atoms with Crippen LogP contribution in [-0.2, 0) is 6.54 Å². The van der Waals surface area contributed by atoms with Crippen molar-refractivity contribution < 1.29 is 19.2 Å². The maximum absolute atomic E-state index is 12.3. The van der Waals surface area contributed by atoms with Crippen LogP contribution in [-0.4, -0.2) is 15.9 Å². The van der Waals surface area contributed by atoms with Crippen molar-refractivity contribution in [2.24, 2.45) is 0 Å². The maximum Gasteiger partial charge on any atom is 0.287 e. The molecule has 1 amide bonds. The second-order valence-corrected chi connectivity index (χ2v) is 5.73. The lowest BCUT2D eigenvalue weighted by Gasteiger charge is -2.07. The number of non-ortho nitro benzene ring substituents is 1. The Balaban J connectivity index is 1.84. The highest BCUT2D eigenvalue weighted by atomic mass is 16.6. The van der Waals surface area contributed by atoms with Crippen LogP contribution in [0.2, 0.25) is 0 Å². The Hall–Kier alpha value is -3.68. The number of hydrogen-bond acceptors (Lipinski definition) is 6. The fraction of sp³-hybridized carbons (Fsp3) is 0.111. The molecule has 132 valence electrons. The number of fused-ring (bicyclic) bond motifs is 1. The van der Waals surface area contributed by atoms with Gasteiger partial charge in [-0.05, 0) is 25.1 Å². The zero-order chi connectivity index (χ0) is 18.8. The zero-order valence-corrected chi connectivity index (χ0v) is 13.7. The van der Waals surface area contributed by atoms with Crippen LogP contribution in [0.3, 0.4) is 0 Å². The van der Waals surface area contributed by atoms with Crippen molar-refractivity contribution in [1.29, 1.82) is 0 Å². The van der Waals surface area contributed by atoms with Crippen LogP contribution >= 0.6 is 0 Å². The molecule has 0 fully saturated rings. The first-order valence-corrected chi connectivity index (χ1v) is 7.64. The van der Waals surface area contributed by atoms with E-state index in [0.29, 0.717) is 5.39 Å². The summed E-state index contributed by atoms with van der Waals surface area (Å²) in [6.45, 7) is 1.67. The van der Waals surface area contributed by atoms with E-state index < -0.39 is 10.8 Å². The van der Waals surface area contributed by atoms with Crippen molar-refractivity contribution >= 4 is 22.6 Å². The van der Waals surface area contributed by atoms with Crippen LogP contribution < -0.4 is 10.7 Å². The third-order valence-corrected chi connectivity index (χ3v) is 3.82. The number of benzene rings is 2. The van der Waals surface area contributed by atoms with E-state index in [9.17, 15) is 24.8 Å². The molecule has 0 radical (unpaired) electrons. The molecule has 0 aliphatic rings. The molecule has 0 saturated carbocycles. The van der Waals surface area contributed by atoms with Crippen molar-refractivity contribution in [2.75, 3.05) is 0 Å². The average Bonchev–Trinajstić information content (AvgIpc) is 2.61. The van der Waals surface area contributed by atoms with Crippen molar-refractivity contribution in [3.8, 4) is 5.75 Å². The number of phenolic OH excluding ortho intramolecular Hbond substituents is 1. The summed E-state index contributed by atoms with van der Waals surface area (Å²) in [5.74, 6) is -1.04. The van der Waals surface area contributed by atoms with Crippen molar-refractivity contribution in [2.45, 2.75) is 13.5 Å². The third kappa shape index (κ3) is 3.39. The first-order valence-electron chi connectivity index (χ1n) is 7.64. The number of aryl methyl sites for hydroxylation is 1. The molecule has 0 bridgehead atoms. The van der Waals surface area contributed by atoms with Gasteiger partial charge in [0.1, 0.15) is 11.3 Å². The first kappa shape index (κ1) is 17.2. The predicted molar refractivity (Wildman–Crippen MR) is 93.2 cm³/mol. The van der Waals surface area contributed by atoms with Crippen LogP contribution in [0.5, 0.6) is 5.75 Å². The number of rotatable bonds is 4. The molecule has 0 unspecified atom stereocenters. The Bertz CT molecular complexity index is 1090. The van der Waals surface area contributed by atoms with Gasteiger partial charge in [-0.15, -0.1) is 0 Å². The number of nitro groups is 1. The number of nitro benzene ring substituents is 1. The Kier molecular flexibility index (Phi) is 4.40. The summed E-state index contributed by atoms with van der Waals surface area (Å²) in [6.07, 6.45) is 0. The Morgan fingerprint density at radius 2 is 2.00 bits per heavy atom. The molecule has 3 aromatic rings. The Morgan fingerprint density at radius 3 is 2.73 bits per heavy atom. The van der Waals surface area contributed by atoms with Gasteiger partial charge < -0.3 is 14.8 Å². The summed E-state index contributed by atoms with van der Waals surface area (Å²) in [4.78, 5) is 34.6. The summed E-state index contributed by atoms with van der Waals surface area (Å²) in [5.41, 5.74) is 0.791. The molecule has 0 spiro atoms. The molecule has 26 heavy (non-hydrogen) atoms. The highest BCUT2D eigenvalue weighted by molar-refractivity contribution is 5.93. The smallest absolute Gasteiger partial charge is 0.287 e. The van der Waals surface area contributed by atoms with Crippen LogP contribution in [0.15, 0.2) is 51.7 Å². The minimum Gasteiger partial charge on any atom is -0.508 e. The number of phenols is 1. The summed E-state index contributed by atoms with van der Waals surface area (Å²) >= 11 is 0. The van der Waals surface area contributed by atoms with Gasteiger partial charge in [-0.25, -0.2) is 0 Å². The zero-order valence-electron chi connectivity index (χ0n) is 13.7. The largest absolute Gasteiger partial charge is 0.508 e. The number of aromatic hydroxyl groups is 1.